The maximum absolute atomic E-state index is 8.62. The first-order chi connectivity index (χ1) is 5.97. The van der Waals surface area contributed by atoms with Crippen molar-refractivity contribution in [2.45, 2.75) is 38.6 Å². The van der Waals surface area contributed by atoms with E-state index >= 15 is 0 Å². The van der Waals surface area contributed by atoms with Crippen molar-refractivity contribution in [1.82, 2.24) is 0 Å². The van der Waals surface area contributed by atoms with Crippen LogP contribution < -0.4 is 5.73 Å². The van der Waals surface area contributed by atoms with Crippen molar-refractivity contribution in [3.8, 4) is 6.07 Å². The SMILES string of the molecule is CC(C)(N)CSCC1(CC#N)CC1. The molecule has 0 heterocycles. The Labute approximate surface area is 84.9 Å². The lowest BCUT2D eigenvalue weighted by molar-refractivity contribution is 0.580. The van der Waals surface area contributed by atoms with Gasteiger partial charge in [0.05, 0.1) is 6.07 Å². The zero-order valence-corrected chi connectivity index (χ0v) is 9.28. The summed E-state index contributed by atoms with van der Waals surface area (Å²) in [5.41, 5.74) is 6.16. The van der Waals surface area contributed by atoms with Gasteiger partial charge in [0.15, 0.2) is 0 Å². The Morgan fingerprint density at radius 1 is 1.54 bits per heavy atom. The molecule has 2 nitrogen and oxygen atoms in total. The quantitative estimate of drug-likeness (QED) is 0.736. The average Bonchev–Trinajstić information content (AvgIpc) is 2.67. The number of nitrogens with two attached hydrogens (primary N) is 1. The van der Waals surface area contributed by atoms with Crippen LogP contribution in [0.1, 0.15) is 33.1 Å². The Morgan fingerprint density at radius 2 is 2.15 bits per heavy atom. The topological polar surface area (TPSA) is 49.8 Å². The molecule has 0 radical (unpaired) electrons. The summed E-state index contributed by atoms with van der Waals surface area (Å²) in [6.45, 7) is 4.09. The standard InChI is InChI=1S/C10H18N2S/c1-9(2,12)7-13-8-10(3-4-10)5-6-11/h3-5,7-8,12H2,1-2H3. The van der Waals surface area contributed by atoms with Crippen LogP contribution in [0, 0.1) is 16.7 Å². The summed E-state index contributed by atoms with van der Waals surface area (Å²) in [4.78, 5) is 0. The summed E-state index contributed by atoms with van der Waals surface area (Å²) in [7, 11) is 0. The van der Waals surface area contributed by atoms with Gasteiger partial charge in [-0.1, -0.05) is 0 Å². The molecule has 74 valence electrons. The molecule has 0 saturated heterocycles. The van der Waals surface area contributed by atoms with Crippen molar-refractivity contribution in [1.29, 1.82) is 5.26 Å². The highest BCUT2D eigenvalue weighted by Crippen LogP contribution is 2.50. The lowest BCUT2D eigenvalue weighted by atomic mass is 10.1. The van der Waals surface area contributed by atoms with E-state index in [0.29, 0.717) is 5.41 Å². The van der Waals surface area contributed by atoms with Crippen molar-refractivity contribution in [2.75, 3.05) is 11.5 Å². The van der Waals surface area contributed by atoms with Gasteiger partial charge in [0.25, 0.3) is 0 Å². The fraction of sp³-hybridized carbons (Fsp3) is 0.900. The van der Waals surface area contributed by atoms with E-state index in [-0.39, 0.29) is 5.54 Å². The molecule has 0 aliphatic heterocycles. The van der Waals surface area contributed by atoms with E-state index in [4.69, 9.17) is 11.0 Å². The highest BCUT2D eigenvalue weighted by atomic mass is 32.2. The van der Waals surface area contributed by atoms with E-state index in [9.17, 15) is 0 Å². The van der Waals surface area contributed by atoms with Crippen molar-refractivity contribution in [3.05, 3.63) is 0 Å². The van der Waals surface area contributed by atoms with Crippen LogP contribution >= 0.6 is 11.8 Å². The Morgan fingerprint density at radius 3 is 2.54 bits per heavy atom. The summed E-state index contributed by atoms with van der Waals surface area (Å²) in [5, 5.41) is 8.62. The van der Waals surface area contributed by atoms with Crippen LogP contribution in [-0.2, 0) is 0 Å². The fourth-order valence-corrected chi connectivity index (χ4v) is 2.70. The second-order valence-corrected chi connectivity index (χ2v) is 5.80. The van der Waals surface area contributed by atoms with Crippen LogP contribution in [0.15, 0.2) is 0 Å². The molecule has 0 spiro atoms. The van der Waals surface area contributed by atoms with Gasteiger partial charge >= 0.3 is 0 Å². The molecule has 1 fully saturated rings. The number of rotatable bonds is 5. The molecule has 1 rings (SSSR count). The van der Waals surface area contributed by atoms with Crippen LogP contribution in [0.25, 0.3) is 0 Å². The van der Waals surface area contributed by atoms with Crippen LogP contribution in [0.5, 0.6) is 0 Å². The molecular formula is C10H18N2S. The fourth-order valence-electron chi connectivity index (χ4n) is 1.25. The number of nitrogens with zero attached hydrogens (tertiary/aromatic N) is 1. The summed E-state index contributed by atoms with van der Waals surface area (Å²) in [6, 6.07) is 2.27. The van der Waals surface area contributed by atoms with Crippen molar-refractivity contribution < 1.29 is 0 Å². The maximum Gasteiger partial charge on any atom is 0.0627 e. The third kappa shape index (κ3) is 4.02. The lowest BCUT2D eigenvalue weighted by Gasteiger charge is -2.19. The van der Waals surface area contributed by atoms with E-state index in [1.165, 1.54) is 12.8 Å². The van der Waals surface area contributed by atoms with Crippen molar-refractivity contribution in [2.24, 2.45) is 11.1 Å². The molecule has 0 aromatic rings. The third-order valence-corrected chi connectivity index (χ3v) is 4.06. The van der Waals surface area contributed by atoms with Gasteiger partial charge in [-0.25, -0.2) is 0 Å². The van der Waals surface area contributed by atoms with E-state index in [2.05, 4.69) is 6.07 Å². The van der Waals surface area contributed by atoms with Gasteiger partial charge in [0.1, 0.15) is 0 Å². The molecule has 0 amide bonds. The predicted molar refractivity (Wildman–Crippen MR) is 57.5 cm³/mol. The van der Waals surface area contributed by atoms with Gasteiger partial charge < -0.3 is 5.73 Å². The van der Waals surface area contributed by atoms with E-state index in [0.717, 1.165) is 17.9 Å². The van der Waals surface area contributed by atoms with Gasteiger partial charge in [-0.15, -0.1) is 0 Å². The largest absolute Gasteiger partial charge is 0.325 e. The first kappa shape index (κ1) is 10.9. The Balaban J connectivity index is 2.17. The van der Waals surface area contributed by atoms with Gasteiger partial charge in [-0.05, 0) is 37.9 Å². The van der Waals surface area contributed by atoms with Gasteiger partial charge in [-0.3, -0.25) is 0 Å². The minimum Gasteiger partial charge on any atom is -0.325 e. The Kier molecular flexibility index (Phi) is 3.26. The molecule has 3 heteroatoms. The van der Waals surface area contributed by atoms with Crippen molar-refractivity contribution >= 4 is 11.8 Å². The number of thioether (sulfide) groups is 1. The molecule has 0 unspecified atom stereocenters. The Bertz CT molecular complexity index is 208. The molecule has 13 heavy (non-hydrogen) atoms. The molecule has 0 atom stereocenters. The van der Waals surface area contributed by atoms with Crippen molar-refractivity contribution in [3.63, 3.8) is 0 Å². The van der Waals surface area contributed by atoms with Gasteiger partial charge in [-0.2, -0.15) is 17.0 Å². The lowest BCUT2D eigenvalue weighted by Crippen LogP contribution is -2.35. The molecule has 1 aliphatic rings. The number of hydrogen-bond acceptors (Lipinski definition) is 3. The predicted octanol–water partition coefficient (Wildman–Crippen LogP) is 2.15. The second-order valence-electron chi connectivity index (χ2n) is 4.82. The van der Waals surface area contributed by atoms with Crippen LogP contribution in [0.3, 0.4) is 0 Å². The maximum atomic E-state index is 8.62. The highest BCUT2D eigenvalue weighted by Gasteiger charge is 2.42. The number of nitriles is 1. The molecule has 0 aromatic heterocycles. The smallest absolute Gasteiger partial charge is 0.0627 e. The van der Waals surface area contributed by atoms with Gasteiger partial charge in [0.2, 0.25) is 0 Å². The van der Waals surface area contributed by atoms with E-state index in [1.54, 1.807) is 0 Å². The number of hydrogen-bond donors (Lipinski definition) is 1. The zero-order chi connectivity index (χ0) is 9.95. The molecular weight excluding hydrogens is 180 g/mol. The normalized spacial score (nSPS) is 19.5. The summed E-state index contributed by atoms with van der Waals surface area (Å²) in [5.74, 6) is 2.10. The highest BCUT2D eigenvalue weighted by molar-refractivity contribution is 7.99. The summed E-state index contributed by atoms with van der Waals surface area (Å²) >= 11 is 1.89. The molecule has 1 aliphatic carbocycles. The van der Waals surface area contributed by atoms with E-state index < -0.39 is 0 Å². The minimum absolute atomic E-state index is 0.0760. The first-order valence-electron chi connectivity index (χ1n) is 4.71. The van der Waals surface area contributed by atoms with Crippen LogP contribution in [0.4, 0.5) is 0 Å². The Hall–Kier alpha value is -0.200. The average molecular weight is 198 g/mol. The third-order valence-electron chi connectivity index (χ3n) is 2.29. The van der Waals surface area contributed by atoms with Gasteiger partial charge in [0, 0.05) is 17.7 Å². The summed E-state index contributed by atoms with van der Waals surface area (Å²) < 4.78 is 0. The summed E-state index contributed by atoms with van der Waals surface area (Å²) in [6.07, 6.45) is 3.20. The van der Waals surface area contributed by atoms with E-state index in [1.807, 2.05) is 25.6 Å². The molecule has 2 N–H and O–H groups in total. The van der Waals surface area contributed by atoms with Crippen LogP contribution in [0.2, 0.25) is 0 Å². The first-order valence-corrected chi connectivity index (χ1v) is 5.87. The molecule has 1 saturated carbocycles. The monoisotopic (exact) mass is 198 g/mol. The minimum atomic E-state index is -0.0760. The molecule has 0 aromatic carbocycles. The molecule has 0 bridgehead atoms. The zero-order valence-electron chi connectivity index (χ0n) is 8.47. The van der Waals surface area contributed by atoms with Crippen LogP contribution in [-0.4, -0.2) is 17.0 Å². The second kappa shape index (κ2) is 3.89.